The number of anilines is 2. The van der Waals surface area contributed by atoms with Crippen molar-refractivity contribution in [2.75, 3.05) is 30.3 Å². The first kappa shape index (κ1) is 18.7. The Morgan fingerprint density at radius 1 is 1.22 bits per heavy atom. The van der Waals surface area contributed by atoms with Crippen molar-refractivity contribution in [3.8, 4) is 0 Å². The highest BCUT2D eigenvalue weighted by atomic mass is 35.5. The molecule has 2 aromatic heterocycles. The van der Waals surface area contributed by atoms with Crippen LogP contribution in [0.3, 0.4) is 0 Å². The Kier molecular flexibility index (Phi) is 5.15. The highest BCUT2D eigenvalue weighted by Gasteiger charge is 2.47. The summed E-state index contributed by atoms with van der Waals surface area (Å²) in [6, 6.07) is 1.85. The molecule has 2 aliphatic heterocycles. The van der Waals surface area contributed by atoms with Gasteiger partial charge in [0.2, 0.25) is 0 Å². The van der Waals surface area contributed by atoms with Gasteiger partial charge in [-0.25, -0.2) is 15.0 Å². The number of hydrogen-bond acceptors (Lipinski definition) is 8. The van der Waals surface area contributed by atoms with Gasteiger partial charge in [0, 0.05) is 35.6 Å². The minimum Gasteiger partial charge on any atom is -0.384 e. The normalized spacial score (nSPS) is 24.5. The van der Waals surface area contributed by atoms with Gasteiger partial charge < -0.3 is 21.1 Å². The predicted molar refractivity (Wildman–Crippen MR) is 107 cm³/mol. The highest BCUT2D eigenvalue weighted by Crippen LogP contribution is 2.41. The van der Waals surface area contributed by atoms with E-state index in [4.69, 9.17) is 27.8 Å². The Hall–Kier alpha value is -1.61. The molecule has 0 saturated carbocycles. The fourth-order valence-corrected chi connectivity index (χ4v) is 4.79. The SMILES string of the molecule is C[C@@H]1OCC2(CCN(c3cnc(Sc4cc(N)ncc4Cl)cn3)CC2)[C@@H]1N. The summed E-state index contributed by atoms with van der Waals surface area (Å²) in [7, 11) is 0. The second-order valence-corrected chi connectivity index (χ2v) is 8.72. The van der Waals surface area contributed by atoms with Gasteiger partial charge >= 0.3 is 0 Å². The number of aromatic nitrogens is 3. The molecule has 9 heteroatoms. The number of piperidine rings is 1. The lowest BCUT2D eigenvalue weighted by atomic mass is 9.73. The van der Waals surface area contributed by atoms with Crippen molar-refractivity contribution in [3.63, 3.8) is 0 Å². The van der Waals surface area contributed by atoms with E-state index in [0.717, 1.165) is 48.3 Å². The molecular weight excluding hydrogens is 384 g/mol. The van der Waals surface area contributed by atoms with Crippen LogP contribution < -0.4 is 16.4 Å². The van der Waals surface area contributed by atoms with Crippen molar-refractivity contribution in [1.29, 1.82) is 0 Å². The number of ether oxygens (including phenoxy) is 1. The van der Waals surface area contributed by atoms with Crippen molar-refractivity contribution in [2.45, 2.75) is 41.8 Å². The van der Waals surface area contributed by atoms with Gasteiger partial charge in [0.1, 0.15) is 16.7 Å². The fourth-order valence-electron chi connectivity index (χ4n) is 3.81. The lowest BCUT2D eigenvalue weighted by Gasteiger charge is -2.41. The van der Waals surface area contributed by atoms with E-state index >= 15 is 0 Å². The maximum absolute atomic E-state index is 6.39. The highest BCUT2D eigenvalue weighted by molar-refractivity contribution is 7.99. The lowest BCUT2D eigenvalue weighted by Crippen LogP contribution is -2.50. The third-order valence-electron chi connectivity index (χ3n) is 5.60. The standard InChI is InChI=1S/C18H23ClN6OS/c1-11-17(21)18(10-26-11)2-4-25(5-3-18)15-8-24-16(9-23-15)27-13-6-14(20)22-7-12(13)19/h6-9,11,17H,2-5,10,21H2,1H3,(H2,20,22)/t11-,17+/m0/s1. The zero-order valence-electron chi connectivity index (χ0n) is 15.1. The van der Waals surface area contributed by atoms with E-state index in [1.165, 1.54) is 11.8 Å². The van der Waals surface area contributed by atoms with Gasteiger partial charge in [0.25, 0.3) is 0 Å². The Labute approximate surface area is 167 Å². The molecule has 4 heterocycles. The summed E-state index contributed by atoms with van der Waals surface area (Å²) < 4.78 is 5.79. The first-order chi connectivity index (χ1) is 13.0. The number of halogens is 1. The molecule has 144 valence electrons. The van der Waals surface area contributed by atoms with Crippen molar-refractivity contribution in [3.05, 3.63) is 29.7 Å². The summed E-state index contributed by atoms with van der Waals surface area (Å²) in [6.07, 6.45) is 7.30. The molecule has 0 bridgehead atoms. The van der Waals surface area contributed by atoms with Crippen molar-refractivity contribution in [1.82, 2.24) is 15.0 Å². The molecule has 2 aliphatic rings. The molecule has 1 spiro atoms. The molecule has 4 rings (SSSR count). The van der Waals surface area contributed by atoms with Gasteiger partial charge in [-0.05, 0) is 25.8 Å². The van der Waals surface area contributed by atoms with Gasteiger partial charge in [0.05, 0.1) is 30.1 Å². The van der Waals surface area contributed by atoms with E-state index in [0.29, 0.717) is 10.8 Å². The second-order valence-electron chi connectivity index (χ2n) is 7.25. The van der Waals surface area contributed by atoms with Crippen LogP contribution in [0, 0.1) is 5.41 Å². The van der Waals surface area contributed by atoms with E-state index in [2.05, 4.69) is 26.8 Å². The average Bonchev–Trinajstić information content (AvgIpc) is 2.95. The fraction of sp³-hybridized carbons (Fsp3) is 0.500. The van der Waals surface area contributed by atoms with Crippen molar-refractivity contribution < 1.29 is 4.74 Å². The van der Waals surface area contributed by atoms with Crippen molar-refractivity contribution in [2.24, 2.45) is 11.1 Å². The molecule has 0 aromatic carbocycles. The summed E-state index contributed by atoms with van der Waals surface area (Å²) in [5.74, 6) is 1.31. The second kappa shape index (κ2) is 7.43. The van der Waals surface area contributed by atoms with E-state index in [9.17, 15) is 0 Å². The Morgan fingerprint density at radius 2 is 2.00 bits per heavy atom. The average molecular weight is 407 g/mol. The molecule has 0 amide bonds. The molecule has 2 saturated heterocycles. The monoisotopic (exact) mass is 406 g/mol. The Balaban J connectivity index is 1.41. The number of nitrogen functional groups attached to an aromatic ring is 1. The predicted octanol–water partition coefficient (Wildman–Crippen LogP) is 2.59. The molecule has 27 heavy (non-hydrogen) atoms. The number of pyridine rings is 1. The van der Waals surface area contributed by atoms with Crippen LogP contribution in [0.15, 0.2) is 34.6 Å². The number of nitrogens with zero attached hydrogens (tertiary/aromatic N) is 4. The van der Waals surface area contributed by atoms with Gasteiger partial charge in [0.15, 0.2) is 0 Å². The maximum Gasteiger partial charge on any atom is 0.147 e. The zero-order chi connectivity index (χ0) is 19.0. The topological polar surface area (TPSA) is 103 Å². The lowest BCUT2D eigenvalue weighted by molar-refractivity contribution is 0.0974. The molecule has 0 aliphatic carbocycles. The molecule has 4 N–H and O–H groups in total. The van der Waals surface area contributed by atoms with Crippen LogP contribution in [0.1, 0.15) is 19.8 Å². The molecule has 0 radical (unpaired) electrons. The number of nitrogens with two attached hydrogens (primary N) is 2. The van der Waals surface area contributed by atoms with Gasteiger partial charge in [-0.1, -0.05) is 23.4 Å². The maximum atomic E-state index is 6.39. The summed E-state index contributed by atoms with van der Waals surface area (Å²) in [4.78, 5) is 16.2. The number of rotatable bonds is 3. The smallest absolute Gasteiger partial charge is 0.147 e. The van der Waals surface area contributed by atoms with E-state index in [1.54, 1.807) is 18.5 Å². The summed E-state index contributed by atoms with van der Waals surface area (Å²) in [5.41, 5.74) is 12.2. The summed E-state index contributed by atoms with van der Waals surface area (Å²) >= 11 is 7.59. The first-order valence-electron chi connectivity index (χ1n) is 9.00. The largest absolute Gasteiger partial charge is 0.384 e. The number of hydrogen-bond donors (Lipinski definition) is 2. The Morgan fingerprint density at radius 3 is 2.63 bits per heavy atom. The third kappa shape index (κ3) is 3.71. The first-order valence-corrected chi connectivity index (χ1v) is 10.2. The Bertz CT molecular complexity index is 812. The quantitative estimate of drug-likeness (QED) is 0.801. The molecule has 2 fully saturated rings. The van der Waals surface area contributed by atoms with Crippen molar-refractivity contribution >= 4 is 35.0 Å². The zero-order valence-corrected chi connectivity index (χ0v) is 16.7. The molecular formula is C18H23ClN6OS. The van der Waals surface area contributed by atoms with Crippen LogP contribution in [0.4, 0.5) is 11.6 Å². The van der Waals surface area contributed by atoms with E-state index < -0.39 is 0 Å². The molecule has 2 aromatic rings. The van der Waals surface area contributed by atoms with E-state index in [1.807, 2.05) is 6.20 Å². The van der Waals surface area contributed by atoms with Gasteiger partial charge in [-0.2, -0.15) is 0 Å². The molecule has 7 nitrogen and oxygen atoms in total. The minimum atomic E-state index is 0.108. The van der Waals surface area contributed by atoms with Crippen LogP contribution >= 0.6 is 23.4 Å². The van der Waals surface area contributed by atoms with Crippen LogP contribution in [-0.2, 0) is 4.74 Å². The molecule has 2 atom stereocenters. The molecule has 0 unspecified atom stereocenters. The minimum absolute atomic E-state index is 0.108. The summed E-state index contributed by atoms with van der Waals surface area (Å²) in [6.45, 7) is 4.66. The van der Waals surface area contributed by atoms with Crippen LogP contribution in [0.5, 0.6) is 0 Å². The van der Waals surface area contributed by atoms with Crippen LogP contribution in [0.25, 0.3) is 0 Å². The van der Waals surface area contributed by atoms with Gasteiger partial charge in [-0.3, -0.25) is 0 Å². The third-order valence-corrected chi connectivity index (χ3v) is 6.99. The van der Waals surface area contributed by atoms with E-state index in [-0.39, 0.29) is 17.6 Å². The van der Waals surface area contributed by atoms with Crippen LogP contribution in [-0.4, -0.2) is 46.8 Å². The van der Waals surface area contributed by atoms with Crippen LogP contribution in [0.2, 0.25) is 5.02 Å². The summed E-state index contributed by atoms with van der Waals surface area (Å²) in [5, 5.41) is 1.31. The van der Waals surface area contributed by atoms with Gasteiger partial charge in [-0.15, -0.1) is 0 Å².